The molecule has 0 heterocycles. The fourth-order valence-corrected chi connectivity index (χ4v) is 1.48. The van der Waals surface area contributed by atoms with Crippen LogP contribution in [-0.4, -0.2) is 13.0 Å². The third-order valence-electron chi connectivity index (χ3n) is 2.20. The number of ether oxygens (including phenoxy) is 1. The lowest BCUT2D eigenvalue weighted by atomic mass is 10.0. The van der Waals surface area contributed by atoms with Crippen molar-refractivity contribution in [2.75, 3.05) is 7.11 Å². The van der Waals surface area contributed by atoms with Crippen LogP contribution >= 0.6 is 0 Å². The molecule has 16 heavy (non-hydrogen) atoms. The van der Waals surface area contributed by atoms with Crippen molar-refractivity contribution in [3.63, 3.8) is 0 Å². The number of carbonyl (C=O) groups is 1. The number of methoxy groups -OCH3 is 1. The maximum absolute atomic E-state index is 12.7. The van der Waals surface area contributed by atoms with Gasteiger partial charge in [0.05, 0.1) is 7.11 Å². The normalized spacial score (nSPS) is 11.3. The zero-order chi connectivity index (χ0) is 12.5. The Morgan fingerprint density at radius 3 is 2.31 bits per heavy atom. The molecule has 0 atom stereocenters. The van der Waals surface area contributed by atoms with Gasteiger partial charge in [-0.05, 0) is 24.6 Å². The Labute approximate surface area is 90.0 Å². The molecule has 0 aliphatic heterocycles. The molecule has 6 heteroatoms. The van der Waals surface area contributed by atoms with Crippen LogP contribution in [0.4, 0.5) is 13.2 Å². The second-order valence-electron chi connectivity index (χ2n) is 3.18. The number of carbonyl (C=O) groups excluding carboxylic acids is 1. The average molecular weight is 233 g/mol. The van der Waals surface area contributed by atoms with E-state index < -0.39 is 17.6 Å². The smallest absolute Gasteiger partial charge is 0.420 e. The molecule has 1 rings (SSSR count). The van der Waals surface area contributed by atoms with Crippen LogP contribution in [0.25, 0.3) is 0 Å². The van der Waals surface area contributed by atoms with E-state index in [1.54, 1.807) is 0 Å². The molecule has 88 valence electrons. The fourth-order valence-electron chi connectivity index (χ4n) is 1.48. The molecule has 2 N–H and O–H groups in total. The molecule has 0 unspecified atom stereocenters. The number of halogens is 3. The van der Waals surface area contributed by atoms with E-state index >= 15 is 0 Å². The molecule has 0 saturated heterocycles. The molecule has 0 saturated carbocycles. The summed E-state index contributed by atoms with van der Waals surface area (Å²) in [6.07, 6.45) is -4.58. The molecular formula is C10H10F3NO2. The van der Waals surface area contributed by atoms with E-state index in [2.05, 4.69) is 4.74 Å². The van der Waals surface area contributed by atoms with Gasteiger partial charge in [0.25, 0.3) is 0 Å². The minimum atomic E-state index is -4.58. The summed E-state index contributed by atoms with van der Waals surface area (Å²) in [5.41, 5.74) is 3.62. The molecule has 0 aliphatic carbocycles. The zero-order valence-corrected chi connectivity index (χ0v) is 8.68. The predicted octanol–water partition coefficient (Wildman–Crippen LogP) is 2.12. The van der Waals surface area contributed by atoms with Gasteiger partial charge in [-0.3, -0.25) is 4.79 Å². The van der Waals surface area contributed by atoms with Crippen molar-refractivity contribution in [2.45, 2.75) is 13.1 Å². The average Bonchev–Trinajstić information content (AvgIpc) is 2.14. The fraction of sp³-hybridized carbons (Fsp3) is 0.300. The molecule has 0 spiro atoms. The van der Waals surface area contributed by atoms with Crippen LogP contribution in [0.2, 0.25) is 0 Å². The summed E-state index contributed by atoms with van der Waals surface area (Å²) in [4.78, 5) is 10.9. The molecular weight excluding hydrogens is 223 g/mol. The number of hydrogen-bond donors (Lipinski definition) is 1. The van der Waals surface area contributed by atoms with Crippen molar-refractivity contribution in [3.05, 3.63) is 28.8 Å². The third-order valence-corrected chi connectivity index (χ3v) is 2.20. The SMILES string of the molecule is COc1ccc(C(N)=O)c(C)c1C(F)(F)F. The molecule has 0 aliphatic rings. The highest BCUT2D eigenvalue weighted by Crippen LogP contribution is 2.39. The van der Waals surface area contributed by atoms with E-state index in [9.17, 15) is 18.0 Å². The Kier molecular flexibility index (Phi) is 3.11. The molecule has 0 fully saturated rings. The van der Waals surface area contributed by atoms with Crippen molar-refractivity contribution < 1.29 is 22.7 Å². The lowest BCUT2D eigenvalue weighted by Gasteiger charge is -2.16. The van der Waals surface area contributed by atoms with Crippen molar-refractivity contribution in [1.82, 2.24) is 0 Å². The minimum Gasteiger partial charge on any atom is -0.496 e. The summed E-state index contributed by atoms with van der Waals surface area (Å²) >= 11 is 0. The van der Waals surface area contributed by atoms with Crippen LogP contribution in [0.15, 0.2) is 12.1 Å². The van der Waals surface area contributed by atoms with Gasteiger partial charge in [-0.2, -0.15) is 13.2 Å². The van der Waals surface area contributed by atoms with Gasteiger partial charge in [0.1, 0.15) is 11.3 Å². The molecule has 0 radical (unpaired) electrons. The topological polar surface area (TPSA) is 52.3 Å². The Balaban J connectivity index is 3.53. The van der Waals surface area contributed by atoms with E-state index in [0.717, 1.165) is 13.2 Å². The van der Waals surface area contributed by atoms with E-state index in [4.69, 9.17) is 5.73 Å². The van der Waals surface area contributed by atoms with Crippen LogP contribution in [0, 0.1) is 6.92 Å². The number of amides is 1. The molecule has 0 bridgehead atoms. The third kappa shape index (κ3) is 2.10. The van der Waals surface area contributed by atoms with Gasteiger partial charge in [0.2, 0.25) is 5.91 Å². The highest BCUT2D eigenvalue weighted by Gasteiger charge is 2.37. The Bertz CT molecular complexity index is 427. The number of hydrogen-bond acceptors (Lipinski definition) is 2. The highest BCUT2D eigenvalue weighted by molar-refractivity contribution is 5.95. The minimum absolute atomic E-state index is 0.159. The summed E-state index contributed by atoms with van der Waals surface area (Å²) in [6, 6.07) is 2.29. The van der Waals surface area contributed by atoms with Crippen LogP contribution in [-0.2, 0) is 6.18 Å². The quantitative estimate of drug-likeness (QED) is 0.850. The molecule has 1 aromatic rings. The zero-order valence-electron chi connectivity index (χ0n) is 8.68. The van der Waals surface area contributed by atoms with Crippen molar-refractivity contribution in [1.29, 1.82) is 0 Å². The first-order valence-electron chi connectivity index (χ1n) is 4.33. The summed E-state index contributed by atoms with van der Waals surface area (Å²) in [5.74, 6) is -1.22. The number of nitrogens with two attached hydrogens (primary N) is 1. The van der Waals surface area contributed by atoms with E-state index in [1.807, 2.05) is 0 Å². The molecule has 1 amide bonds. The molecule has 1 aromatic carbocycles. The van der Waals surface area contributed by atoms with Gasteiger partial charge in [0.15, 0.2) is 0 Å². The van der Waals surface area contributed by atoms with E-state index in [1.165, 1.54) is 13.0 Å². The van der Waals surface area contributed by atoms with Gasteiger partial charge in [0, 0.05) is 5.56 Å². The second-order valence-corrected chi connectivity index (χ2v) is 3.18. The number of rotatable bonds is 2. The molecule has 0 aromatic heterocycles. The van der Waals surface area contributed by atoms with Gasteiger partial charge < -0.3 is 10.5 Å². The maximum Gasteiger partial charge on any atom is 0.420 e. The number of alkyl halides is 3. The van der Waals surface area contributed by atoms with E-state index in [-0.39, 0.29) is 16.9 Å². The van der Waals surface area contributed by atoms with Crippen molar-refractivity contribution in [2.24, 2.45) is 5.73 Å². The van der Waals surface area contributed by atoms with Crippen molar-refractivity contribution >= 4 is 5.91 Å². The van der Waals surface area contributed by atoms with Crippen LogP contribution in [0.3, 0.4) is 0 Å². The lowest BCUT2D eigenvalue weighted by Crippen LogP contribution is -2.17. The van der Waals surface area contributed by atoms with Crippen LogP contribution < -0.4 is 10.5 Å². The number of primary amides is 1. The summed E-state index contributed by atoms with van der Waals surface area (Å²) in [6.45, 7) is 1.19. The first-order chi connectivity index (χ1) is 7.29. The monoisotopic (exact) mass is 233 g/mol. The van der Waals surface area contributed by atoms with E-state index in [0.29, 0.717) is 0 Å². The molecule has 3 nitrogen and oxygen atoms in total. The first kappa shape index (κ1) is 12.4. The Morgan fingerprint density at radius 2 is 1.94 bits per heavy atom. The van der Waals surface area contributed by atoms with Gasteiger partial charge >= 0.3 is 6.18 Å². The Hall–Kier alpha value is -1.72. The predicted molar refractivity (Wildman–Crippen MR) is 51.3 cm³/mol. The van der Waals surface area contributed by atoms with Gasteiger partial charge in [-0.15, -0.1) is 0 Å². The summed E-state index contributed by atoms with van der Waals surface area (Å²) in [5, 5.41) is 0. The standard InChI is InChI=1S/C10H10F3NO2/c1-5-6(9(14)15)3-4-7(16-2)8(5)10(11,12)13/h3-4H,1-2H3,(H2,14,15). The number of benzene rings is 1. The lowest BCUT2D eigenvalue weighted by molar-refractivity contribution is -0.139. The maximum atomic E-state index is 12.7. The second kappa shape index (κ2) is 4.03. The van der Waals surface area contributed by atoms with Crippen LogP contribution in [0.1, 0.15) is 21.5 Å². The Morgan fingerprint density at radius 1 is 1.38 bits per heavy atom. The summed E-state index contributed by atoms with van der Waals surface area (Å²) in [7, 11) is 1.13. The van der Waals surface area contributed by atoms with Gasteiger partial charge in [-0.1, -0.05) is 0 Å². The van der Waals surface area contributed by atoms with Crippen LogP contribution in [0.5, 0.6) is 5.75 Å². The van der Waals surface area contributed by atoms with Crippen molar-refractivity contribution in [3.8, 4) is 5.75 Å². The highest BCUT2D eigenvalue weighted by atomic mass is 19.4. The largest absolute Gasteiger partial charge is 0.496 e. The first-order valence-corrected chi connectivity index (χ1v) is 4.33. The van der Waals surface area contributed by atoms with Gasteiger partial charge in [-0.25, -0.2) is 0 Å². The summed E-state index contributed by atoms with van der Waals surface area (Å²) < 4.78 is 42.7.